The van der Waals surface area contributed by atoms with E-state index in [0.29, 0.717) is 11.2 Å². The number of aromatic nitrogens is 2. The van der Waals surface area contributed by atoms with Crippen molar-refractivity contribution in [3.63, 3.8) is 0 Å². The van der Waals surface area contributed by atoms with Crippen molar-refractivity contribution in [2.45, 2.75) is 0 Å². The van der Waals surface area contributed by atoms with Crippen LogP contribution in [-0.4, -0.2) is 29.2 Å². The molecule has 6 heteroatoms. The van der Waals surface area contributed by atoms with Gasteiger partial charge in [-0.15, -0.1) is 5.11 Å². The highest BCUT2D eigenvalue weighted by Gasteiger charge is 2.12. The summed E-state index contributed by atoms with van der Waals surface area (Å²) in [5.41, 5.74) is 4.73. The minimum atomic E-state index is 0.108. The highest BCUT2D eigenvalue weighted by atomic mass is 16.3. The third-order valence-electron chi connectivity index (χ3n) is 4.42. The number of phenolic OH excluding ortho intramolecular Hbond substituents is 1. The molecule has 4 aromatic rings. The van der Waals surface area contributed by atoms with E-state index in [4.69, 9.17) is 0 Å². The molecule has 0 amide bonds. The molecule has 1 aromatic heterocycles. The molecule has 0 saturated heterocycles. The van der Waals surface area contributed by atoms with E-state index in [9.17, 15) is 5.11 Å². The van der Waals surface area contributed by atoms with E-state index < -0.39 is 0 Å². The lowest BCUT2D eigenvalue weighted by Crippen LogP contribution is -2.08. The predicted octanol–water partition coefficient (Wildman–Crippen LogP) is 5.48. The van der Waals surface area contributed by atoms with Crippen LogP contribution in [0.3, 0.4) is 0 Å². The van der Waals surface area contributed by atoms with Crippen LogP contribution in [0.25, 0.3) is 22.0 Å². The molecule has 0 aliphatic heterocycles. The number of benzene rings is 3. The molecular weight excluding hydrogens is 350 g/mol. The monoisotopic (exact) mass is 369 g/mol. The van der Waals surface area contributed by atoms with Crippen LogP contribution in [0.15, 0.2) is 83.4 Å². The smallest absolute Gasteiger partial charge is 0.142 e. The van der Waals surface area contributed by atoms with Gasteiger partial charge in [-0.3, -0.25) is 0 Å². The summed E-state index contributed by atoms with van der Waals surface area (Å²) in [6.07, 6.45) is 3.11. The second kappa shape index (κ2) is 7.44. The molecule has 28 heavy (non-hydrogen) atoms. The minimum absolute atomic E-state index is 0.108. The lowest BCUT2D eigenvalue weighted by atomic mass is 10.0. The first kappa shape index (κ1) is 17.6. The second-order valence-corrected chi connectivity index (χ2v) is 6.59. The fourth-order valence-corrected chi connectivity index (χ4v) is 2.97. The van der Waals surface area contributed by atoms with Crippen molar-refractivity contribution in [2.24, 2.45) is 10.2 Å². The maximum atomic E-state index is 10.4. The Hall–Kier alpha value is -3.80. The Labute approximate surface area is 162 Å². The lowest BCUT2D eigenvalue weighted by Gasteiger charge is -2.15. The van der Waals surface area contributed by atoms with E-state index in [0.717, 1.165) is 27.9 Å². The minimum Gasteiger partial charge on any atom is -0.506 e. The number of anilines is 1. The van der Waals surface area contributed by atoms with Crippen LogP contribution in [-0.2, 0) is 0 Å². The van der Waals surface area contributed by atoms with Crippen LogP contribution in [0.4, 0.5) is 17.1 Å². The van der Waals surface area contributed by atoms with E-state index in [1.165, 1.54) is 6.33 Å². The quantitative estimate of drug-likeness (QED) is 0.483. The van der Waals surface area contributed by atoms with Gasteiger partial charge in [0.1, 0.15) is 17.6 Å². The molecule has 0 unspecified atom stereocenters. The molecule has 0 atom stereocenters. The number of fused-ring (bicyclic) bond motifs is 1. The molecule has 3 aromatic carbocycles. The Kier molecular flexibility index (Phi) is 4.68. The van der Waals surface area contributed by atoms with Crippen LogP contribution in [0.5, 0.6) is 5.75 Å². The largest absolute Gasteiger partial charge is 0.506 e. The summed E-state index contributed by atoms with van der Waals surface area (Å²) in [5, 5.41) is 20.0. The van der Waals surface area contributed by atoms with Gasteiger partial charge in [-0.05, 0) is 48.0 Å². The zero-order chi connectivity index (χ0) is 19.5. The molecule has 0 aliphatic rings. The third kappa shape index (κ3) is 3.53. The lowest BCUT2D eigenvalue weighted by molar-refractivity contribution is 0.480. The van der Waals surface area contributed by atoms with Crippen molar-refractivity contribution in [2.75, 3.05) is 19.0 Å². The summed E-state index contributed by atoms with van der Waals surface area (Å²) >= 11 is 0. The Morgan fingerprint density at radius 1 is 0.929 bits per heavy atom. The molecule has 1 heterocycles. The number of azo groups is 1. The first-order valence-electron chi connectivity index (χ1n) is 8.83. The van der Waals surface area contributed by atoms with Gasteiger partial charge in [-0.2, -0.15) is 5.11 Å². The summed E-state index contributed by atoms with van der Waals surface area (Å²) in [4.78, 5) is 10.2. The normalized spacial score (nSPS) is 11.2. The molecule has 4 rings (SSSR count). The van der Waals surface area contributed by atoms with Gasteiger partial charge in [0.15, 0.2) is 0 Å². The van der Waals surface area contributed by atoms with Crippen molar-refractivity contribution >= 4 is 28.0 Å². The van der Waals surface area contributed by atoms with E-state index in [-0.39, 0.29) is 5.75 Å². The zero-order valence-corrected chi connectivity index (χ0v) is 15.6. The van der Waals surface area contributed by atoms with Crippen molar-refractivity contribution in [1.82, 2.24) is 9.97 Å². The topological polar surface area (TPSA) is 74.0 Å². The third-order valence-corrected chi connectivity index (χ3v) is 4.42. The Bertz CT molecular complexity index is 1160. The number of hydrogen-bond donors (Lipinski definition) is 1. The van der Waals surface area contributed by atoms with Gasteiger partial charge < -0.3 is 10.0 Å². The summed E-state index contributed by atoms with van der Waals surface area (Å²) < 4.78 is 0. The highest BCUT2D eigenvalue weighted by Crippen LogP contribution is 2.38. The summed E-state index contributed by atoms with van der Waals surface area (Å²) in [5.74, 6) is 0.108. The number of aromatic hydroxyl groups is 1. The van der Waals surface area contributed by atoms with Gasteiger partial charge in [0.25, 0.3) is 0 Å². The Morgan fingerprint density at radius 3 is 2.54 bits per heavy atom. The van der Waals surface area contributed by atoms with Gasteiger partial charge >= 0.3 is 0 Å². The average molecular weight is 369 g/mol. The maximum absolute atomic E-state index is 10.4. The first-order valence-corrected chi connectivity index (χ1v) is 8.83. The summed E-state index contributed by atoms with van der Waals surface area (Å²) in [6.45, 7) is 0. The SMILES string of the molecule is CN(C)c1ccc(/N=N/c2ccccc2)c(-c2cc(O)c3ncncc3c2)c1. The average Bonchev–Trinajstić information content (AvgIpc) is 2.73. The Morgan fingerprint density at radius 2 is 1.75 bits per heavy atom. The van der Waals surface area contributed by atoms with Crippen molar-refractivity contribution in [3.8, 4) is 16.9 Å². The number of hydrogen-bond acceptors (Lipinski definition) is 6. The van der Waals surface area contributed by atoms with Gasteiger partial charge in [0.2, 0.25) is 0 Å². The zero-order valence-electron chi connectivity index (χ0n) is 15.6. The number of rotatable bonds is 4. The molecular formula is C22H19N5O. The maximum Gasteiger partial charge on any atom is 0.142 e. The standard InChI is InChI=1S/C22H19N5O/c1-27(2)18-8-9-20(26-25-17-6-4-3-5-7-17)19(12-18)15-10-16-13-23-14-24-22(16)21(28)11-15/h3-14,28H,1-2H3/b26-25+. The van der Waals surface area contributed by atoms with Crippen molar-refractivity contribution < 1.29 is 5.11 Å². The van der Waals surface area contributed by atoms with Crippen LogP contribution in [0.2, 0.25) is 0 Å². The fraction of sp³-hybridized carbons (Fsp3) is 0.0909. The molecule has 0 saturated carbocycles. The van der Waals surface area contributed by atoms with Gasteiger partial charge in [0, 0.05) is 36.9 Å². The van der Waals surface area contributed by atoms with Crippen LogP contribution < -0.4 is 4.90 Å². The van der Waals surface area contributed by atoms with Crippen molar-refractivity contribution in [1.29, 1.82) is 0 Å². The molecule has 0 bridgehead atoms. The Balaban J connectivity index is 1.86. The van der Waals surface area contributed by atoms with Gasteiger partial charge in [-0.1, -0.05) is 18.2 Å². The molecule has 0 aliphatic carbocycles. The predicted molar refractivity (Wildman–Crippen MR) is 112 cm³/mol. The van der Waals surface area contributed by atoms with Gasteiger partial charge in [-0.25, -0.2) is 9.97 Å². The van der Waals surface area contributed by atoms with Crippen LogP contribution in [0, 0.1) is 0 Å². The highest BCUT2D eigenvalue weighted by molar-refractivity contribution is 5.91. The van der Waals surface area contributed by atoms with Crippen molar-refractivity contribution in [3.05, 3.63) is 73.2 Å². The molecule has 1 N–H and O–H groups in total. The van der Waals surface area contributed by atoms with Crippen LogP contribution >= 0.6 is 0 Å². The summed E-state index contributed by atoms with van der Waals surface area (Å²) in [7, 11) is 3.96. The van der Waals surface area contributed by atoms with E-state index in [2.05, 4.69) is 20.2 Å². The molecule has 0 spiro atoms. The molecule has 6 nitrogen and oxygen atoms in total. The summed E-state index contributed by atoms with van der Waals surface area (Å²) in [6, 6.07) is 19.2. The molecule has 0 fully saturated rings. The first-order chi connectivity index (χ1) is 13.6. The van der Waals surface area contributed by atoms with E-state index in [1.54, 1.807) is 12.3 Å². The van der Waals surface area contributed by atoms with E-state index >= 15 is 0 Å². The fourth-order valence-electron chi connectivity index (χ4n) is 2.97. The van der Waals surface area contributed by atoms with E-state index in [1.807, 2.05) is 73.6 Å². The molecule has 0 radical (unpaired) electrons. The molecule has 138 valence electrons. The number of phenols is 1. The number of nitrogens with zero attached hydrogens (tertiary/aromatic N) is 5. The second-order valence-electron chi connectivity index (χ2n) is 6.59. The van der Waals surface area contributed by atoms with Gasteiger partial charge in [0.05, 0.1) is 11.4 Å². The van der Waals surface area contributed by atoms with Crippen LogP contribution in [0.1, 0.15) is 0 Å².